The molecule has 1 aliphatic heterocycles. The van der Waals surface area contributed by atoms with Gasteiger partial charge < -0.3 is 14.9 Å². The van der Waals surface area contributed by atoms with Gasteiger partial charge >= 0.3 is 0 Å². The molecule has 0 fully saturated rings. The van der Waals surface area contributed by atoms with Crippen LogP contribution in [0.2, 0.25) is 0 Å². The van der Waals surface area contributed by atoms with Crippen LogP contribution in [-0.2, 0) is 6.42 Å². The smallest absolute Gasteiger partial charge is 0.122 e. The lowest BCUT2D eigenvalue weighted by molar-refractivity contribution is 0.287. The summed E-state index contributed by atoms with van der Waals surface area (Å²) in [6, 6.07) is 14.0. The van der Waals surface area contributed by atoms with Gasteiger partial charge in [-0.3, -0.25) is 0 Å². The van der Waals surface area contributed by atoms with Gasteiger partial charge in [0.15, 0.2) is 0 Å². The summed E-state index contributed by atoms with van der Waals surface area (Å²) >= 11 is 0. The van der Waals surface area contributed by atoms with Crippen LogP contribution in [0.1, 0.15) is 53.5 Å². The molecule has 136 valence electrons. The fraction of sp³-hybridized carbons (Fsp3) is 0.429. The van der Waals surface area contributed by atoms with E-state index >= 15 is 0 Å². The van der Waals surface area contributed by atoms with E-state index in [9.17, 15) is 0 Å². The first-order valence-electron chi connectivity index (χ1n) is 8.94. The molecule has 0 amide bonds. The van der Waals surface area contributed by atoms with Crippen LogP contribution in [0.15, 0.2) is 48.5 Å². The lowest BCUT2D eigenvalue weighted by Gasteiger charge is -2.16. The minimum atomic E-state index is 0.322. The largest absolute Gasteiger partial charge is 0.508 e. The van der Waals surface area contributed by atoms with Gasteiger partial charge in [-0.15, -0.1) is 0 Å². The molecule has 3 rings (SSSR count). The number of aryl methyl sites for hydroxylation is 1. The van der Waals surface area contributed by atoms with E-state index in [0.29, 0.717) is 11.5 Å². The van der Waals surface area contributed by atoms with Gasteiger partial charge in [0.25, 0.3) is 0 Å². The Hall–Kier alpha value is -2.16. The molecule has 0 bridgehead atoms. The maximum absolute atomic E-state index is 9.13. The first-order valence-corrected chi connectivity index (χ1v) is 8.94. The Morgan fingerprint density at radius 1 is 0.750 bits per heavy atom. The van der Waals surface area contributed by atoms with Gasteiger partial charge in [-0.25, -0.2) is 0 Å². The Morgan fingerprint density at radius 3 is 1.83 bits per heavy atom. The van der Waals surface area contributed by atoms with Crippen LogP contribution in [0.4, 0.5) is 0 Å². The van der Waals surface area contributed by atoms with Gasteiger partial charge in [0.1, 0.15) is 17.2 Å². The van der Waals surface area contributed by atoms with Crippen molar-refractivity contribution in [2.75, 3.05) is 6.61 Å². The molecule has 3 nitrogen and oxygen atoms in total. The minimum Gasteiger partial charge on any atom is -0.508 e. The lowest BCUT2D eigenvalue weighted by Crippen LogP contribution is -2.07. The summed E-state index contributed by atoms with van der Waals surface area (Å²) in [4.78, 5) is 0. The quantitative estimate of drug-likeness (QED) is 0.604. The Labute approximate surface area is 147 Å². The van der Waals surface area contributed by atoms with Crippen molar-refractivity contribution < 1.29 is 14.9 Å². The van der Waals surface area contributed by atoms with Crippen molar-refractivity contribution in [3.05, 3.63) is 54.1 Å². The number of para-hydroxylation sites is 1. The molecule has 0 aliphatic carbocycles. The second-order valence-electron chi connectivity index (χ2n) is 4.08. The molecule has 1 aliphatic rings. The zero-order valence-corrected chi connectivity index (χ0v) is 16.0. The highest BCUT2D eigenvalue weighted by molar-refractivity contribution is 5.40. The highest BCUT2D eigenvalue weighted by Gasteiger charge is 2.09. The normalized spacial score (nSPS) is 10.2. The number of phenolic OH excluding ortho intramolecular Hbond substituents is 2. The van der Waals surface area contributed by atoms with Gasteiger partial charge in [-0.2, -0.15) is 0 Å². The molecule has 0 radical (unpaired) electrons. The van der Waals surface area contributed by atoms with Crippen molar-refractivity contribution in [3.63, 3.8) is 0 Å². The van der Waals surface area contributed by atoms with Crippen molar-refractivity contribution in [1.29, 1.82) is 0 Å². The fourth-order valence-electron chi connectivity index (χ4n) is 1.77. The van der Waals surface area contributed by atoms with Crippen molar-refractivity contribution in [2.24, 2.45) is 0 Å². The third-order valence-electron chi connectivity index (χ3n) is 2.65. The van der Waals surface area contributed by atoms with Crippen LogP contribution in [0.25, 0.3) is 0 Å². The molecular formula is C21H34O3. The van der Waals surface area contributed by atoms with E-state index < -0.39 is 0 Å². The number of hydrogen-bond acceptors (Lipinski definition) is 3. The summed E-state index contributed by atoms with van der Waals surface area (Å²) in [7, 11) is 0. The second kappa shape index (κ2) is 17.2. The minimum absolute atomic E-state index is 0.322. The molecule has 0 saturated heterocycles. The molecule has 0 spiro atoms. The molecule has 1 heterocycles. The average Bonchev–Trinajstić information content (AvgIpc) is 2.68. The molecule has 2 aromatic rings. The van der Waals surface area contributed by atoms with Crippen molar-refractivity contribution in [3.8, 4) is 17.2 Å². The van der Waals surface area contributed by atoms with E-state index in [-0.39, 0.29) is 0 Å². The molecule has 0 atom stereocenters. The molecular weight excluding hydrogens is 300 g/mol. The summed E-state index contributed by atoms with van der Waals surface area (Å²) in [6.45, 7) is 12.8. The average molecular weight is 334 g/mol. The van der Waals surface area contributed by atoms with E-state index in [1.54, 1.807) is 36.4 Å². The Kier molecular flexibility index (Phi) is 17.3. The molecule has 0 aromatic heterocycles. The van der Waals surface area contributed by atoms with Crippen LogP contribution < -0.4 is 4.74 Å². The number of phenols is 2. The molecule has 2 aromatic carbocycles. The van der Waals surface area contributed by atoms with Gasteiger partial charge in [0.05, 0.1) is 6.61 Å². The molecule has 3 heteroatoms. The van der Waals surface area contributed by atoms with E-state index in [0.717, 1.165) is 30.8 Å². The first-order chi connectivity index (χ1) is 11.8. The fourth-order valence-corrected chi connectivity index (χ4v) is 1.77. The summed E-state index contributed by atoms with van der Waals surface area (Å²) in [6.07, 6.45) is 2.07. The summed E-state index contributed by atoms with van der Waals surface area (Å²) in [5.74, 6) is 1.57. The number of benzene rings is 2. The monoisotopic (exact) mass is 334 g/mol. The zero-order valence-electron chi connectivity index (χ0n) is 16.0. The van der Waals surface area contributed by atoms with Crippen molar-refractivity contribution in [2.45, 2.75) is 54.4 Å². The van der Waals surface area contributed by atoms with E-state index in [4.69, 9.17) is 14.9 Å². The van der Waals surface area contributed by atoms with Gasteiger partial charge in [0.2, 0.25) is 0 Å². The van der Waals surface area contributed by atoms with Crippen molar-refractivity contribution in [1.82, 2.24) is 0 Å². The number of ether oxygens (including phenoxy) is 1. The molecule has 0 saturated carbocycles. The first kappa shape index (κ1) is 24.1. The Bertz CT molecular complexity index is 496. The molecule has 24 heavy (non-hydrogen) atoms. The number of fused-ring (bicyclic) bond motifs is 1. The van der Waals surface area contributed by atoms with Crippen LogP contribution in [-0.4, -0.2) is 16.8 Å². The third-order valence-corrected chi connectivity index (χ3v) is 2.65. The summed E-state index contributed by atoms with van der Waals surface area (Å²) in [5, 5.41) is 17.8. The van der Waals surface area contributed by atoms with Gasteiger partial charge in [-0.05, 0) is 48.7 Å². The van der Waals surface area contributed by atoms with Crippen LogP contribution in [0.5, 0.6) is 17.2 Å². The highest BCUT2D eigenvalue weighted by Crippen LogP contribution is 2.27. The number of aromatic hydroxyl groups is 2. The van der Waals surface area contributed by atoms with Gasteiger partial charge in [-0.1, -0.05) is 59.7 Å². The van der Waals surface area contributed by atoms with E-state index in [1.807, 2.05) is 53.7 Å². The van der Waals surface area contributed by atoms with Crippen LogP contribution in [0, 0.1) is 0 Å². The number of rotatable bonds is 0. The Balaban J connectivity index is 0. The standard InChI is InChI=1S/C9H10O2.C6H6O.3C2H6/c10-8-3-4-9-7(6-8)2-1-5-11-9;7-6-4-2-1-3-5-6;3*1-2/h3-4,6,10H,1-2,5H2;1-5,7H;3*1-2H3. The maximum atomic E-state index is 9.13. The third kappa shape index (κ3) is 10.5. The van der Waals surface area contributed by atoms with Crippen molar-refractivity contribution >= 4 is 0 Å². The maximum Gasteiger partial charge on any atom is 0.122 e. The summed E-state index contributed by atoms with van der Waals surface area (Å²) in [5.41, 5.74) is 1.12. The lowest BCUT2D eigenvalue weighted by atomic mass is 10.1. The predicted octanol–water partition coefficient (Wildman–Crippen LogP) is 6.19. The van der Waals surface area contributed by atoms with E-state index in [2.05, 4.69) is 0 Å². The summed E-state index contributed by atoms with van der Waals surface area (Å²) < 4.78 is 5.37. The van der Waals surface area contributed by atoms with E-state index in [1.165, 1.54) is 0 Å². The molecule has 2 N–H and O–H groups in total. The van der Waals surface area contributed by atoms with Gasteiger partial charge in [0, 0.05) is 0 Å². The number of hydrogen-bond donors (Lipinski definition) is 2. The Morgan fingerprint density at radius 2 is 1.33 bits per heavy atom. The zero-order chi connectivity index (χ0) is 18.8. The van der Waals surface area contributed by atoms with Crippen LogP contribution >= 0.6 is 0 Å². The topological polar surface area (TPSA) is 49.7 Å². The second-order valence-corrected chi connectivity index (χ2v) is 4.08. The predicted molar refractivity (Wildman–Crippen MR) is 104 cm³/mol. The molecule has 0 unspecified atom stereocenters. The van der Waals surface area contributed by atoms with Crippen LogP contribution in [0.3, 0.4) is 0 Å². The SMILES string of the molecule is CC.CC.CC.Oc1ccc2c(c1)CCCO2.Oc1ccccc1. The highest BCUT2D eigenvalue weighted by atomic mass is 16.5.